The summed E-state index contributed by atoms with van der Waals surface area (Å²) in [4.78, 5) is 0.425. The molecule has 0 N–H and O–H groups in total. The highest BCUT2D eigenvalue weighted by Gasteiger charge is 2.31. The molecule has 0 saturated heterocycles. The summed E-state index contributed by atoms with van der Waals surface area (Å²) in [5.41, 5.74) is 1.93. The second-order valence-electron chi connectivity index (χ2n) is 5.15. The highest BCUT2D eigenvalue weighted by molar-refractivity contribution is 7.91. The SMILES string of the molecule is C=CCc1ccc2c(c1)Oc1cc(CC=C)ccc1S2(=O)=O. The number of allylic oxidation sites excluding steroid dienone is 2. The number of hydrogen-bond acceptors (Lipinski definition) is 3. The van der Waals surface area contributed by atoms with Gasteiger partial charge in [-0.25, -0.2) is 8.42 Å². The van der Waals surface area contributed by atoms with Crippen LogP contribution in [0.25, 0.3) is 0 Å². The third kappa shape index (κ3) is 2.35. The summed E-state index contributed by atoms with van der Waals surface area (Å²) in [6, 6.07) is 10.3. The van der Waals surface area contributed by atoms with Crippen LogP contribution in [0.1, 0.15) is 11.1 Å². The van der Waals surface area contributed by atoms with Crippen LogP contribution in [0.3, 0.4) is 0 Å². The molecular weight excluding hydrogens is 296 g/mol. The Morgan fingerprint density at radius 3 is 1.73 bits per heavy atom. The summed E-state index contributed by atoms with van der Waals surface area (Å²) in [6.07, 6.45) is 4.88. The van der Waals surface area contributed by atoms with Crippen molar-refractivity contribution in [1.82, 2.24) is 0 Å². The number of benzene rings is 2. The molecule has 0 atom stereocenters. The molecule has 0 fully saturated rings. The van der Waals surface area contributed by atoms with Gasteiger partial charge in [0.1, 0.15) is 21.3 Å². The van der Waals surface area contributed by atoms with Crippen molar-refractivity contribution in [3.63, 3.8) is 0 Å². The van der Waals surface area contributed by atoms with Crippen molar-refractivity contribution in [2.75, 3.05) is 0 Å². The van der Waals surface area contributed by atoms with Gasteiger partial charge in [0.15, 0.2) is 0 Å². The molecule has 0 unspecified atom stereocenters. The minimum Gasteiger partial charge on any atom is -0.455 e. The minimum atomic E-state index is -3.54. The van der Waals surface area contributed by atoms with Crippen molar-refractivity contribution >= 4 is 9.84 Å². The van der Waals surface area contributed by atoms with Gasteiger partial charge in [0.2, 0.25) is 9.84 Å². The van der Waals surface area contributed by atoms with Crippen LogP contribution in [0.5, 0.6) is 11.5 Å². The van der Waals surface area contributed by atoms with Crippen LogP contribution >= 0.6 is 0 Å². The van der Waals surface area contributed by atoms with Gasteiger partial charge in [-0.1, -0.05) is 24.3 Å². The highest BCUT2D eigenvalue weighted by atomic mass is 32.2. The van der Waals surface area contributed by atoms with Crippen molar-refractivity contribution < 1.29 is 13.2 Å². The molecule has 0 aliphatic carbocycles. The summed E-state index contributed by atoms with van der Waals surface area (Å²) in [5, 5.41) is 0. The number of rotatable bonds is 4. The Labute approximate surface area is 130 Å². The lowest BCUT2D eigenvalue weighted by atomic mass is 10.1. The van der Waals surface area contributed by atoms with E-state index in [9.17, 15) is 8.42 Å². The number of fused-ring (bicyclic) bond motifs is 2. The summed E-state index contributed by atoms with van der Waals surface area (Å²) in [7, 11) is -3.54. The predicted octanol–water partition coefficient (Wildman–Crippen LogP) is 4.08. The van der Waals surface area contributed by atoms with Gasteiger partial charge in [-0.05, 0) is 48.2 Å². The smallest absolute Gasteiger partial charge is 0.213 e. The molecule has 2 aromatic rings. The molecule has 0 bridgehead atoms. The van der Waals surface area contributed by atoms with Gasteiger partial charge in [-0.15, -0.1) is 13.2 Å². The second-order valence-corrected chi connectivity index (χ2v) is 7.04. The van der Waals surface area contributed by atoms with Gasteiger partial charge < -0.3 is 4.74 Å². The number of ether oxygens (including phenoxy) is 1. The van der Waals surface area contributed by atoms with E-state index in [4.69, 9.17) is 4.74 Å². The molecule has 3 nitrogen and oxygen atoms in total. The van der Waals surface area contributed by atoms with Crippen LogP contribution < -0.4 is 4.74 Å². The van der Waals surface area contributed by atoms with Gasteiger partial charge in [0.25, 0.3) is 0 Å². The molecule has 4 heteroatoms. The fraction of sp³-hybridized carbons (Fsp3) is 0.111. The van der Waals surface area contributed by atoms with Gasteiger partial charge in [-0.3, -0.25) is 0 Å². The van der Waals surface area contributed by atoms with E-state index in [2.05, 4.69) is 13.2 Å². The quantitative estimate of drug-likeness (QED) is 0.682. The lowest BCUT2D eigenvalue weighted by molar-refractivity contribution is 0.442. The van der Waals surface area contributed by atoms with Crippen molar-refractivity contribution in [2.24, 2.45) is 0 Å². The van der Waals surface area contributed by atoms with Gasteiger partial charge in [0, 0.05) is 0 Å². The summed E-state index contributed by atoms with van der Waals surface area (Å²) >= 11 is 0. The average Bonchev–Trinajstić information content (AvgIpc) is 2.47. The van der Waals surface area contributed by atoms with Crippen LogP contribution in [0, 0.1) is 0 Å². The molecule has 0 saturated carbocycles. The molecule has 112 valence electrons. The Bertz CT molecular complexity index is 798. The molecular formula is C18H16O3S. The van der Waals surface area contributed by atoms with E-state index in [0.29, 0.717) is 24.3 Å². The van der Waals surface area contributed by atoms with Crippen molar-refractivity contribution in [2.45, 2.75) is 22.6 Å². The zero-order valence-corrected chi connectivity index (χ0v) is 12.9. The van der Waals surface area contributed by atoms with Gasteiger partial charge >= 0.3 is 0 Å². The standard InChI is InChI=1S/C18H16O3S/c1-3-5-13-7-9-17-15(11-13)21-16-12-14(6-4-2)8-10-18(16)22(17,19)20/h3-4,7-12H,1-2,5-6H2. The van der Waals surface area contributed by atoms with Crippen molar-refractivity contribution in [3.8, 4) is 11.5 Å². The van der Waals surface area contributed by atoms with E-state index in [1.807, 2.05) is 0 Å². The minimum absolute atomic E-state index is 0.212. The Morgan fingerprint density at radius 1 is 0.864 bits per heavy atom. The first-order chi connectivity index (χ1) is 10.6. The summed E-state index contributed by atoms with van der Waals surface area (Å²) in [6.45, 7) is 7.39. The lowest BCUT2D eigenvalue weighted by Crippen LogP contribution is -2.11. The zero-order chi connectivity index (χ0) is 15.7. The molecule has 22 heavy (non-hydrogen) atoms. The average molecular weight is 312 g/mol. The Hall–Kier alpha value is -2.33. The maximum Gasteiger partial charge on any atom is 0.213 e. The fourth-order valence-electron chi connectivity index (χ4n) is 2.53. The molecule has 2 aromatic carbocycles. The largest absolute Gasteiger partial charge is 0.455 e. The maximum absolute atomic E-state index is 12.7. The van der Waals surface area contributed by atoms with Crippen molar-refractivity contribution in [3.05, 3.63) is 72.8 Å². The van der Waals surface area contributed by atoms with Crippen LogP contribution in [0.15, 0.2) is 71.5 Å². The van der Waals surface area contributed by atoms with Gasteiger partial charge in [0.05, 0.1) is 0 Å². The zero-order valence-electron chi connectivity index (χ0n) is 12.1. The van der Waals surface area contributed by atoms with Gasteiger partial charge in [-0.2, -0.15) is 0 Å². The highest BCUT2D eigenvalue weighted by Crippen LogP contribution is 2.43. The van der Waals surface area contributed by atoms with E-state index in [1.54, 1.807) is 48.6 Å². The number of sulfone groups is 1. The lowest BCUT2D eigenvalue weighted by Gasteiger charge is -2.21. The summed E-state index contributed by atoms with van der Waals surface area (Å²) < 4.78 is 31.3. The van der Waals surface area contributed by atoms with Crippen LogP contribution in [0.4, 0.5) is 0 Å². The van der Waals surface area contributed by atoms with E-state index < -0.39 is 9.84 Å². The topological polar surface area (TPSA) is 43.4 Å². The molecule has 1 aliphatic heterocycles. The van der Waals surface area contributed by atoms with E-state index in [0.717, 1.165) is 11.1 Å². The van der Waals surface area contributed by atoms with E-state index in [-0.39, 0.29) is 9.79 Å². The van der Waals surface area contributed by atoms with Crippen LogP contribution in [-0.4, -0.2) is 8.42 Å². The van der Waals surface area contributed by atoms with E-state index in [1.165, 1.54) is 0 Å². The molecule has 0 aromatic heterocycles. The molecule has 0 amide bonds. The molecule has 0 spiro atoms. The fourth-order valence-corrected chi connectivity index (χ4v) is 3.99. The second kappa shape index (κ2) is 5.46. The normalized spacial score (nSPS) is 14.4. The maximum atomic E-state index is 12.7. The first-order valence-electron chi connectivity index (χ1n) is 6.97. The van der Waals surface area contributed by atoms with Crippen LogP contribution in [0.2, 0.25) is 0 Å². The predicted molar refractivity (Wildman–Crippen MR) is 86.2 cm³/mol. The van der Waals surface area contributed by atoms with E-state index >= 15 is 0 Å². The summed E-state index contributed by atoms with van der Waals surface area (Å²) in [5.74, 6) is 0.755. The monoisotopic (exact) mass is 312 g/mol. The molecule has 3 rings (SSSR count). The Morgan fingerprint density at radius 2 is 1.32 bits per heavy atom. The number of hydrogen-bond donors (Lipinski definition) is 0. The third-order valence-electron chi connectivity index (χ3n) is 3.58. The molecule has 1 heterocycles. The molecule has 0 radical (unpaired) electrons. The van der Waals surface area contributed by atoms with Crippen LogP contribution in [-0.2, 0) is 22.7 Å². The first kappa shape index (κ1) is 14.6. The Kier molecular flexibility index (Phi) is 3.62. The first-order valence-corrected chi connectivity index (χ1v) is 8.45. The van der Waals surface area contributed by atoms with Crippen molar-refractivity contribution in [1.29, 1.82) is 0 Å². The molecule has 1 aliphatic rings. The Balaban J connectivity index is 2.14. The third-order valence-corrected chi connectivity index (χ3v) is 5.41.